The lowest BCUT2D eigenvalue weighted by Crippen LogP contribution is -2.24. The van der Waals surface area contributed by atoms with E-state index in [1.54, 1.807) is 12.1 Å². The molecule has 0 unspecified atom stereocenters. The smallest absolute Gasteiger partial charge is 0.176 e. The second-order valence-electron chi connectivity index (χ2n) is 3.18. The molecule has 0 aliphatic carbocycles. The summed E-state index contributed by atoms with van der Waals surface area (Å²) in [6.45, 7) is 1.14. The molecule has 3 nitrogen and oxygen atoms in total. The molecule has 1 aromatic carbocycles. The number of rotatable bonds is 6. The van der Waals surface area contributed by atoms with Gasteiger partial charge in [0.2, 0.25) is 0 Å². The maximum atomic E-state index is 11.6. The zero-order chi connectivity index (χ0) is 11.1. The van der Waals surface area contributed by atoms with E-state index >= 15 is 0 Å². The van der Waals surface area contributed by atoms with Crippen LogP contribution in [-0.4, -0.2) is 30.6 Å². The van der Waals surface area contributed by atoms with Crippen LogP contribution in [0.5, 0.6) is 0 Å². The monoisotopic (exact) mass is 271 g/mol. The van der Waals surface area contributed by atoms with Gasteiger partial charge in [-0.05, 0) is 25.1 Å². The van der Waals surface area contributed by atoms with Crippen molar-refractivity contribution in [3.8, 4) is 0 Å². The van der Waals surface area contributed by atoms with Crippen LogP contribution in [-0.2, 0) is 0 Å². The van der Waals surface area contributed by atoms with Gasteiger partial charge in [-0.25, -0.2) is 0 Å². The molecule has 0 aliphatic heterocycles. The van der Waals surface area contributed by atoms with Crippen molar-refractivity contribution >= 4 is 21.7 Å². The van der Waals surface area contributed by atoms with E-state index in [-0.39, 0.29) is 12.4 Å². The molecule has 0 aliphatic rings. The van der Waals surface area contributed by atoms with Crippen molar-refractivity contribution in [2.75, 3.05) is 19.7 Å². The van der Waals surface area contributed by atoms with E-state index < -0.39 is 0 Å². The maximum Gasteiger partial charge on any atom is 0.176 e. The number of benzene rings is 1. The number of hydrogen-bond donors (Lipinski definition) is 2. The quantitative estimate of drug-likeness (QED) is 0.611. The van der Waals surface area contributed by atoms with Crippen LogP contribution in [0.1, 0.15) is 16.8 Å². The number of ketones is 1. The van der Waals surface area contributed by atoms with E-state index in [0.717, 1.165) is 4.47 Å². The predicted octanol–water partition coefficient (Wildman–Crippen LogP) is 1.60. The standard InChI is InChI=1S/C11H14BrNO2/c12-10-4-2-9(3-5-10)11(15)8-13-6-1-7-14/h2-5,13-14H,1,6-8H2. The van der Waals surface area contributed by atoms with E-state index in [9.17, 15) is 4.79 Å². The molecule has 1 aromatic rings. The lowest BCUT2D eigenvalue weighted by atomic mass is 10.1. The Balaban J connectivity index is 2.37. The highest BCUT2D eigenvalue weighted by molar-refractivity contribution is 9.10. The van der Waals surface area contributed by atoms with Gasteiger partial charge in [0, 0.05) is 16.6 Å². The highest BCUT2D eigenvalue weighted by Gasteiger charge is 2.03. The summed E-state index contributed by atoms with van der Waals surface area (Å²) in [6.07, 6.45) is 0.674. The van der Waals surface area contributed by atoms with Crippen LogP contribution in [0.4, 0.5) is 0 Å². The van der Waals surface area contributed by atoms with Crippen molar-refractivity contribution in [2.45, 2.75) is 6.42 Å². The van der Waals surface area contributed by atoms with Crippen LogP contribution in [0.2, 0.25) is 0 Å². The SMILES string of the molecule is O=C(CNCCCO)c1ccc(Br)cc1. The van der Waals surface area contributed by atoms with Crippen LogP contribution in [0.15, 0.2) is 28.7 Å². The van der Waals surface area contributed by atoms with E-state index in [2.05, 4.69) is 21.2 Å². The molecule has 0 spiro atoms. The largest absolute Gasteiger partial charge is 0.396 e. The molecule has 4 heteroatoms. The molecule has 0 radical (unpaired) electrons. The summed E-state index contributed by atoms with van der Waals surface area (Å²) in [5.74, 6) is 0.0699. The zero-order valence-electron chi connectivity index (χ0n) is 8.37. The fourth-order valence-corrected chi connectivity index (χ4v) is 1.41. The van der Waals surface area contributed by atoms with Gasteiger partial charge < -0.3 is 10.4 Å². The van der Waals surface area contributed by atoms with Crippen LogP contribution in [0.3, 0.4) is 0 Å². The van der Waals surface area contributed by atoms with Crippen LogP contribution in [0.25, 0.3) is 0 Å². The van der Waals surface area contributed by atoms with Gasteiger partial charge in [-0.3, -0.25) is 4.79 Å². The Morgan fingerprint density at radius 2 is 2.00 bits per heavy atom. The number of hydrogen-bond acceptors (Lipinski definition) is 3. The molecule has 0 atom stereocenters. The Labute approximate surface area is 97.6 Å². The summed E-state index contributed by atoms with van der Waals surface area (Å²) in [7, 11) is 0. The summed E-state index contributed by atoms with van der Waals surface area (Å²) in [5.41, 5.74) is 0.703. The van der Waals surface area contributed by atoms with Gasteiger partial charge in [0.15, 0.2) is 5.78 Å². The second kappa shape index (κ2) is 6.71. The van der Waals surface area contributed by atoms with Gasteiger partial charge in [0.25, 0.3) is 0 Å². The van der Waals surface area contributed by atoms with Crippen molar-refractivity contribution in [1.29, 1.82) is 0 Å². The van der Waals surface area contributed by atoms with E-state index in [4.69, 9.17) is 5.11 Å². The molecule has 1 rings (SSSR count). The number of aliphatic hydroxyl groups excluding tert-OH is 1. The normalized spacial score (nSPS) is 10.3. The van der Waals surface area contributed by atoms with Crippen LogP contribution < -0.4 is 5.32 Å². The molecule has 0 heterocycles. The molecular formula is C11H14BrNO2. The number of carbonyl (C=O) groups excluding carboxylic acids is 1. The fraction of sp³-hybridized carbons (Fsp3) is 0.364. The Kier molecular flexibility index (Phi) is 5.53. The Morgan fingerprint density at radius 3 is 2.60 bits per heavy atom. The first-order valence-corrected chi connectivity index (χ1v) is 5.63. The van der Waals surface area contributed by atoms with Gasteiger partial charge in [-0.2, -0.15) is 0 Å². The molecule has 2 N–H and O–H groups in total. The summed E-state index contributed by atoms with van der Waals surface area (Å²) in [4.78, 5) is 11.6. The molecule has 0 saturated carbocycles. The van der Waals surface area contributed by atoms with Crippen molar-refractivity contribution < 1.29 is 9.90 Å². The van der Waals surface area contributed by atoms with E-state index in [0.29, 0.717) is 25.1 Å². The van der Waals surface area contributed by atoms with Gasteiger partial charge in [0.1, 0.15) is 0 Å². The Hall–Kier alpha value is -0.710. The number of halogens is 1. The average molecular weight is 272 g/mol. The number of carbonyl (C=O) groups is 1. The minimum absolute atomic E-state index is 0.0699. The molecular weight excluding hydrogens is 258 g/mol. The molecule has 82 valence electrons. The molecule has 0 fully saturated rings. The van der Waals surface area contributed by atoms with Gasteiger partial charge in [-0.1, -0.05) is 28.1 Å². The molecule has 15 heavy (non-hydrogen) atoms. The van der Waals surface area contributed by atoms with Crippen LogP contribution in [0, 0.1) is 0 Å². The first-order valence-electron chi connectivity index (χ1n) is 4.84. The molecule has 0 amide bonds. The third-order valence-corrected chi connectivity index (χ3v) is 2.49. The van der Waals surface area contributed by atoms with Crippen molar-refractivity contribution in [2.24, 2.45) is 0 Å². The minimum atomic E-state index is 0.0699. The summed E-state index contributed by atoms with van der Waals surface area (Å²) in [5, 5.41) is 11.5. The van der Waals surface area contributed by atoms with Crippen molar-refractivity contribution in [1.82, 2.24) is 5.32 Å². The second-order valence-corrected chi connectivity index (χ2v) is 4.10. The first kappa shape index (κ1) is 12.4. The topological polar surface area (TPSA) is 49.3 Å². The third kappa shape index (κ3) is 4.55. The van der Waals surface area contributed by atoms with Gasteiger partial charge in [0.05, 0.1) is 6.54 Å². The number of nitrogens with one attached hydrogen (secondary N) is 1. The van der Waals surface area contributed by atoms with Crippen molar-refractivity contribution in [3.63, 3.8) is 0 Å². The number of aliphatic hydroxyl groups is 1. The third-order valence-electron chi connectivity index (χ3n) is 1.96. The maximum absolute atomic E-state index is 11.6. The number of Topliss-reactive ketones (excluding diaryl/α,β-unsaturated/α-hetero) is 1. The summed E-state index contributed by atoms with van der Waals surface area (Å²) >= 11 is 3.31. The fourth-order valence-electron chi connectivity index (χ4n) is 1.14. The lowest BCUT2D eigenvalue weighted by molar-refractivity contribution is 0.0990. The van der Waals surface area contributed by atoms with Gasteiger partial charge >= 0.3 is 0 Å². The average Bonchev–Trinajstić information content (AvgIpc) is 2.25. The summed E-state index contributed by atoms with van der Waals surface area (Å²) in [6, 6.07) is 7.28. The predicted molar refractivity (Wildman–Crippen MR) is 63.0 cm³/mol. The van der Waals surface area contributed by atoms with E-state index in [1.165, 1.54) is 0 Å². The van der Waals surface area contributed by atoms with E-state index in [1.807, 2.05) is 12.1 Å². The minimum Gasteiger partial charge on any atom is -0.396 e. The van der Waals surface area contributed by atoms with Gasteiger partial charge in [-0.15, -0.1) is 0 Å². The molecule has 0 aromatic heterocycles. The lowest BCUT2D eigenvalue weighted by Gasteiger charge is -2.03. The molecule has 0 bridgehead atoms. The van der Waals surface area contributed by atoms with Crippen LogP contribution >= 0.6 is 15.9 Å². The molecule has 0 saturated heterocycles. The zero-order valence-corrected chi connectivity index (χ0v) is 9.96. The first-order chi connectivity index (χ1) is 7.24. The highest BCUT2D eigenvalue weighted by atomic mass is 79.9. The highest BCUT2D eigenvalue weighted by Crippen LogP contribution is 2.10. The van der Waals surface area contributed by atoms with Crippen molar-refractivity contribution in [3.05, 3.63) is 34.3 Å². The summed E-state index contributed by atoms with van der Waals surface area (Å²) < 4.78 is 0.965. The Bertz CT molecular complexity index is 311. The Morgan fingerprint density at radius 1 is 1.33 bits per heavy atom.